The Kier molecular flexibility index (Phi) is 6.11. The maximum atomic E-state index is 12.5. The number of carbonyl (C=O) groups excluding carboxylic acids is 1. The molecule has 0 aliphatic carbocycles. The molecule has 144 valence electrons. The number of nitrogens with zero attached hydrogens (tertiary/aromatic N) is 1. The summed E-state index contributed by atoms with van der Waals surface area (Å²) in [4.78, 5) is 16.7. The summed E-state index contributed by atoms with van der Waals surface area (Å²) in [6, 6.07) is 18.3. The van der Waals surface area contributed by atoms with Gasteiger partial charge in [-0.3, -0.25) is 9.78 Å². The van der Waals surface area contributed by atoms with E-state index in [4.69, 9.17) is 9.47 Å². The number of para-hydroxylation sites is 2. The zero-order chi connectivity index (χ0) is 19.9. The van der Waals surface area contributed by atoms with E-state index in [0.717, 1.165) is 22.9 Å². The molecule has 0 saturated carbocycles. The topological polar surface area (TPSA) is 72.5 Å². The average Bonchev–Trinajstić information content (AvgIpc) is 2.70. The van der Waals surface area contributed by atoms with E-state index >= 15 is 0 Å². The Morgan fingerprint density at radius 1 is 1.00 bits per heavy atom. The highest BCUT2D eigenvalue weighted by molar-refractivity contribution is 6.03. The summed E-state index contributed by atoms with van der Waals surface area (Å²) in [6.07, 6.45) is 1.66. The van der Waals surface area contributed by atoms with E-state index in [9.17, 15) is 4.79 Å². The molecule has 28 heavy (non-hydrogen) atoms. The SMILES string of the molecule is COc1ccc(NC(=O)c2cc(Nc3ccccc3OC(C)C)ccn2)cc1. The summed E-state index contributed by atoms with van der Waals surface area (Å²) >= 11 is 0. The number of hydrogen-bond acceptors (Lipinski definition) is 5. The molecule has 1 heterocycles. The summed E-state index contributed by atoms with van der Waals surface area (Å²) < 4.78 is 10.9. The van der Waals surface area contributed by atoms with Crippen molar-refractivity contribution in [2.45, 2.75) is 20.0 Å². The summed E-state index contributed by atoms with van der Waals surface area (Å²) in [5, 5.41) is 6.12. The van der Waals surface area contributed by atoms with Crippen LogP contribution in [0.5, 0.6) is 11.5 Å². The molecule has 3 aromatic rings. The second kappa shape index (κ2) is 8.90. The number of anilines is 3. The Morgan fingerprint density at radius 3 is 2.46 bits per heavy atom. The molecule has 0 unspecified atom stereocenters. The van der Waals surface area contributed by atoms with Gasteiger partial charge in [0.15, 0.2) is 0 Å². The summed E-state index contributed by atoms with van der Waals surface area (Å²) in [5.74, 6) is 1.18. The molecule has 3 rings (SSSR count). The lowest BCUT2D eigenvalue weighted by atomic mass is 10.2. The van der Waals surface area contributed by atoms with Gasteiger partial charge in [-0.1, -0.05) is 12.1 Å². The van der Waals surface area contributed by atoms with Crippen LogP contribution in [0.1, 0.15) is 24.3 Å². The third-order valence-corrected chi connectivity index (χ3v) is 3.87. The van der Waals surface area contributed by atoms with Crippen molar-refractivity contribution in [3.63, 3.8) is 0 Å². The number of methoxy groups -OCH3 is 1. The standard InChI is InChI=1S/C22H23N3O3/c1-15(2)28-21-7-5-4-6-19(21)24-17-12-13-23-20(14-17)22(26)25-16-8-10-18(27-3)11-9-16/h4-15H,1-3H3,(H,23,24)(H,25,26). The number of carbonyl (C=O) groups is 1. The Bertz CT molecular complexity index is 940. The highest BCUT2D eigenvalue weighted by Gasteiger charge is 2.10. The first-order valence-electron chi connectivity index (χ1n) is 8.99. The van der Waals surface area contributed by atoms with Crippen LogP contribution in [0.25, 0.3) is 0 Å². The van der Waals surface area contributed by atoms with Crippen molar-refractivity contribution in [1.82, 2.24) is 4.98 Å². The number of rotatable bonds is 7. The van der Waals surface area contributed by atoms with Crippen molar-refractivity contribution in [1.29, 1.82) is 0 Å². The Balaban J connectivity index is 1.74. The van der Waals surface area contributed by atoms with E-state index in [-0.39, 0.29) is 12.0 Å². The zero-order valence-electron chi connectivity index (χ0n) is 16.1. The fraction of sp³-hybridized carbons (Fsp3) is 0.182. The van der Waals surface area contributed by atoms with Gasteiger partial charge in [0.05, 0.1) is 18.9 Å². The minimum atomic E-state index is -0.291. The molecule has 0 radical (unpaired) electrons. The van der Waals surface area contributed by atoms with Gasteiger partial charge < -0.3 is 20.1 Å². The number of benzene rings is 2. The molecular weight excluding hydrogens is 354 g/mol. The minimum Gasteiger partial charge on any atom is -0.497 e. The van der Waals surface area contributed by atoms with Gasteiger partial charge in [-0.25, -0.2) is 0 Å². The second-order valence-corrected chi connectivity index (χ2v) is 6.40. The van der Waals surface area contributed by atoms with Gasteiger partial charge in [-0.05, 0) is 62.4 Å². The molecule has 2 aromatic carbocycles. The largest absolute Gasteiger partial charge is 0.497 e. The highest BCUT2D eigenvalue weighted by atomic mass is 16.5. The van der Waals surface area contributed by atoms with E-state index in [1.54, 1.807) is 49.7 Å². The molecule has 1 amide bonds. The van der Waals surface area contributed by atoms with Crippen molar-refractivity contribution in [2.24, 2.45) is 0 Å². The maximum Gasteiger partial charge on any atom is 0.274 e. The molecule has 0 fully saturated rings. The lowest BCUT2D eigenvalue weighted by molar-refractivity contribution is 0.102. The third kappa shape index (κ3) is 5.01. The monoisotopic (exact) mass is 377 g/mol. The molecular formula is C22H23N3O3. The maximum absolute atomic E-state index is 12.5. The molecule has 2 N–H and O–H groups in total. The van der Waals surface area contributed by atoms with Crippen LogP contribution in [0.15, 0.2) is 66.9 Å². The van der Waals surface area contributed by atoms with Gasteiger partial charge in [-0.15, -0.1) is 0 Å². The van der Waals surface area contributed by atoms with Gasteiger partial charge in [-0.2, -0.15) is 0 Å². The lowest BCUT2D eigenvalue weighted by Crippen LogP contribution is -2.13. The second-order valence-electron chi connectivity index (χ2n) is 6.40. The number of aromatic nitrogens is 1. The number of ether oxygens (including phenoxy) is 2. The average molecular weight is 377 g/mol. The molecule has 6 heteroatoms. The molecule has 0 aliphatic rings. The smallest absolute Gasteiger partial charge is 0.274 e. The van der Waals surface area contributed by atoms with Crippen LogP contribution in [-0.2, 0) is 0 Å². The molecule has 0 bridgehead atoms. The first kappa shape index (κ1) is 19.2. The van der Waals surface area contributed by atoms with Crippen LogP contribution in [0.4, 0.5) is 17.1 Å². The molecule has 1 aromatic heterocycles. The van der Waals surface area contributed by atoms with Gasteiger partial charge in [0.2, 0.25) is 0 Å². The van der Waals surface area contributed by atoms with E-state index in [1.807, 2.05) is 38.1 Å². The molecule has 6 nitrogen and oxygen atoms in total. The highest BCUT2D eigenvalue weighted by Crippen LogP contribution is 2.28. The fourth-order valence-corrected chi connectivity index (χ4v) is 2.58. The number of amides is 1. The molecule has 0 aliphatic heterocycles. The van der Waals surface area contributed by atoms with Gasteiger partial charge >= 0.3 is 0 Å². The quantitative estimate of drug-likeness (QED) is 0.614. The predicted molar refractivity (Wildman–Crippen MR) is 111 cm³/mol. The zero-order valence-corrected chi connectivity index (χ0v) is 16.1. The fourth-order valence-electron chi connectivity index (χ4n) is 2.58. The van der Waals surface area contributed by atoms with Crippen LogP contribution >= 0.6 is 0 Å². The van der Waals surface area contributed by atoms with Gasteiger partial charge in [0, 0.05) is 17.6 Å². The summed E-state index contributed by atoms with van der Waals surface area (Å²) in [6.45, 7) is 3.95. The van der Waals surface area contributed by atoms with E-state index in [2.05, 4.69) is 15.6 Å². The van der Waals surface area contributed by atoms with Crippen LogP contribution < -0.4 is 20.1 Å². The summed E-state index contributed by atoms with van der Waals surface area (Å²) in [7, 11) is 1.60. The van der Waals surface area contributed by atoms with Crippen LogP contribution in [0.3, 0.4) is 0 Å². The minimum absolute atomic E-state index is 0.0613. The normalized spacial score (nSPS) is 10.4. The molecule has 0 atom stereocenters. The van der Waals surface area contributed by atoms with Crippen molar-refractivity contribution in [3.8, 4) is 11.5 Å². The van der Waals surface area contributed by atoms with Crippen LogP contribution in [-0.4, -0.2) is 24.1 Å². The third-order valence-electron chi connectivity index (χ3n) is 3.87. The van der Waals surface area contributed by atoms with E-state index in [1.165, 1.54) is 0 Å². The molecule has 0 saturated heterocycles. The first-order chi connectivity index (χ1) is 13.5. The van der Waals surface area contributed by atoms with Gasteiger partial charge in [0.25, 0.3) is 5.91 Å². The number of pyridine rings is 1. The van der Waals surface area contributed by atoms with Crippen molar-refractivity contribution < 1.29 is 14.3 Å². The molecule has 0 spiro atoms. The van der Waals surface area contributed by atoms with E-state index < -0.39 is 0 Å². The number of hydrogen-bond donors (Lipinski definition) is 2. The predicted octanol–water partition coefficient (Wildman–Crippen LogP) is 4.87. The van der Waals surface area contributed by atoms with E-state index in [0.29, 0.717) is 11.4 Å². The Labute approximate surface area is 164 Å². The lowest BCUT2D eigenvalue weighted by Gasteiger charge is -2.15. The van der Waals surface area contributed by atoms with Crippen molar-refractivity contribution in [3.05, 3.63) is 72.6 Å². The van der Waals surface area contributed by atoms with Crippen molar-refractivity contribution >= 4 is 23.0 Å². The van der Waals surface area contributed by atoms with Crippen LogP contribution in [0, 0.1) is 0 Å². The number of nitrogens with one attached hydrogen (secondary N) is 2. The summed E-state index contributed by atoms with van der Waals surface area (Å²) in [5.41, 5.74) is 2.54. The van der Waals surface area contributed by atoms with Gasteiger partial charge in [0.1, 0.15) is 17.2 Å². The first-order valence-corrected chi connectivity index (χ1v) is 8.99. The van der Waals surface area contributed by atoms with Crippen molar-refractivity contribution in [2.75, 3.05) is 17.7 Å². The Morgan fingerprint density at radius 2 is 1.75 bits per heavy atom. The Hall–Kier alpha value is -3.54. The van der Waals surface area contributed by atoms with Crippen LogP contribution in [0.2, 0.25) is 0 Å².